The fourth-order valence-electron chi connectivity index (χ4n) is 4.20. The largest absolute Gasteiger partial charge is 0.478 e. The molecule has 2 N–H and O–H groups in total. The van der Waals surface area contributed by atoms with E-state index in [1.807, 2.05) is 18.2 Å². The van der Waals surface area contributed by atoms with E-state index in [0.717, 1.165) is 35.3 Å². The molecule has 1 aliphatic rings. The summed E-state index contributed by atoms with van der Waals surface area (Å²) in [5.41, 5.74) is 1.96. The lowest BCUT2D eigenvalue weighted by Crippen LogP contribution is -2.41. The predicted octanol–water partition coefficient (Wildman–Crippen LogP) is 3.47. The highest BCUT2D eigenvalue weighted by Gasteiger charge is 2.24. The number of fused-ring (bicyclic) bond motifs is 2. The molecular formula is C25H22N4O3. The van der Waals surface area contributed by atoms with Crippen LogP contribution >= 0.6 is 0 Å². The standard InChI is InChI=1S/C25H22N4O3/c30-24(19-8-6-18-14-20(25(31)32)9-7-17(18)13-19)26-21-10-11-22-27-28-23(29(22)15-21)12-16-4-2-1-3-5-16/h1-9,13-14,21H,10-12,15H2,(H,26,30)(H,31,32). The van der Waals surface area contributed by atoms with E-state index in [2.05, 4.69) is 32.2 Å². The van der Waals surface area contributed by atoms with Gasteiger partial charge in [-0.05, 0) is 47.0 Å². The number of hydrogen-bond donors (Lipinski definition) is 2. The maximum atomic E-state index is 12.9. The number of nitrogens with one attached hydrogen (secondary N) is 1. The second kappa shape index (κ2) is 8.26. The van der Waals surface area contributed by atoms with Crippen molar-refractivity contribution < 1.29 is 14.7 Å². The van der Waals surface area contributed by atoms with Gasteiger partial charge < -0.3 is 15.0 Å². The lowest BCUT2D eigenvalue weighted by Gasteiger charge is -2.25. The molecule has 5 rings (SSSR count). The molecular weight excluding hydrogens is 404 g/mol. The Kier molecular flexibility index (Phi) is 5.15. The number of carbonyl (C=O) groups excluding carboxylic acids is 1. The van der Waals surface area contributed by atoms with Gasteiger partial charge in [0.2, 0.25) is 0 Å². The quantitative estimate of drug-likeness (QED) is 0.509. The number of rotatable bonds is 5. The number of carboxylic acids is 1. The van der Waals surface area contributed by atoms with Crippen molar-refractivity contribution in [1.82, 2.24) is 20.1 Å². The number of hydrogen-bond acceptors (Lipinski definition) is 4. The summed E-state index contributed by atoms with van der Waals surface area (Å²) in [5.74, 6) is 0.762. The summed E-state index contributed by atoms with van der Waals surface area (Å²) in [6.45, 7) is 0.645. The van der Waals surface area contributed by atoms with E-state index in [9.17, 15) is 9.59 Å². The van der Waals surface area contributed by atoms with Gasteiger partial charge in [-0.15, -0.1) is 10.2 Å². The lowest BCUT2D eigenvalue weighted by molar-refractivity contribution is 0.0696. The molecule has 0 saturated heterocycles. The van der Waals surface area contributed by atoms with E-state index in [1.54, 1.807) is 36.4 Å². The molecule has 1 aromatic heterocycles. The van der Waals surface area contributed by atoms with E-state index in [4.69, 9.17) is 5.11 Å². The summed E-state index contributed by atoms with van der Waals surface area (Å²) in [6.07, 6.45) is 2.28. The minimum absolute atomic E-state index is 0.00870. The monoisotopic (exact) mass is 426 g/mol. The number of nitrogens with zero attached hydrogens (tertiary/aromatic N) is 3. The number of carboxylic acid groups (broad SMARTS) is 1. The smallest absolute Gasteiger partial charge is 0.335 e. The Morgan fingerprint density at radius 1 is 0.969 bits per heavy atom. The van der Waals surface area contributed by atoms with Crippen LogP contribution < -0.4 is 5.32 Å². The molecule has 1 aliphatic heterocycles. The third-order valence-corrected chi connectivity index (χ3v) is 5.91. The summed E-state index contributed by atoms with van der Waals surface area (Å²) in [4.78, 5) is 24.1. The molecule has 0 radical (unpaired) electrons. The molecule has 0 bridgehead atoms. The van der Waals surface area contributed by atoms with Gasteiger partial charge >= 0.3 is 5.97 Å². The predicted molar refractivity (Wildman–Crippen MR) is 120 cm³/mol. The molecule has 32 heavy (non-hydrogen) atoms. The molecule has 0 fully saturated rings. The van der Waals surface area contributed by atoms with Gasteiger partial charge in [-0.3, -0.25) is 4.79 Å². The number of carbonyl (C=O) groups is 2. The summed E-state index contributed by atoms with van der Waals surface area (Å²) in [5, 5.41) is 22.6. The van der Waals surface area contributed by atoms with Crippen LogP contribution in [0.1, 0.15) is 44.3 Å². The first kappa shape index (κ1) is 19.9. The average Bonchev–Trinajstić information content (AvgIpc) is 3.21. The van der Waals surface area contributed by atoms with Crippen LogP contribution in [-0.2, 0) is 19.4 Å². The van der Waals surface area contributed by atoms with Gasteiger partial charge in [0.1, 0.15) is 11.6 Å². The first-order chi connectivity index (χ1) is 15.6. The van der Waals surface area contributed by atoms with Crippen molar-refractivity contribution in [3.63, 3.8) is 0 Å². The van der Waals surface area contributed by atoms with Crippen molar-refractivity contribution in [2.24, 2.45) is 0 Å². The molecule has 1 unspecified atom stereocenters. The first-order valence-corrected chi connectivity index (χ1v) is 10.6. The number of aryl methyl sites for hydroxylation is 1. The number of amides is 1. The zero-order valence-electron chi connectivity index (χ0n) is 17.4. The highest BCUT2D eigenvalue weighted by atomic mass is 16.4. The maximum absolute atomic E-state index is 12.9. The van der Waals surface area contributed by atoms with Crippen molar-refractivity contribution in [1.29, 1.82) is 0 Å². The number of aromatic carboxylic acids is 1. The lowest BCUT2D eigenvalue weighted by atomic mass is 10.0. The normalized spacial score (nSPS) is 15.3. The van der Waals surface area contributed by atoms with Gasteiger partial charge in [-0.1, -0.05) is 42.5 Å². The molecule has 2 heterocycles. The van der Waals surface area contributed by atoms with E-state index >= 15 is 0 Å². The zero-order valence-corrected chi connectivity index (χ0v) is 17.4. The van der Waals surface area contributed by atoms with Gasteiger partial charge in [0.25, 0.3) is 5.91 Å². The highest BCUT2D eigenvalue weighted by Crippen LogP contribution is 2.20. The van der Waals surface area contributed by atoms with Crippen LogP contribution in [0.25, 0.3) is 10.8 Å². The van der Waals surface area contributed by atoms with Gasteiger partial charge in [-0.25, -0.2) is 4.79 Å². The van der Waals surface area contributed by atoms with Crippen molar-refractivity contribution in [3.05, 3.63) is 95.1 Å². The Balaban J connectivity index is 1.30. The van der Waals surface area contributed by atoms with Crippen LogP contribution in [0.4, 0.5) is 0 Å². The molecule has 3 aromatic carbocycles. The molecule has 7 nitrogen and oxygen atoms in total. The Bertz CT molecular complexity index is 1310. The SMILES string of the molecule is O=C(O)c1ccc2cc(C(=O)NC3CCc4nnc(Cc5ccccc5)n4C3)ccc2c1. The van der Waals surface area contributed by atoms with Crippen LogP contribution in [-0.4, -0.2) is 37.8 Å². The van der Waals surface area contributed by atoms with Crippen molar-refractivity contribution in [3.8, 4) is 0 Å². The molecule has 0 saturated carbocycles. The number of benzene rings is 3. The van der Waals surface area contributed by atoms with Gasteiger partial charge in [0.15, 0.2) is 0 Å². The Hall–Kier alpha value is -4.00. The van der Waals surface area contributed by atoms with Crippen LogP contribution in [0.2, 0.25) is 0 Å². The molecule has 7 heteroatoms. The van der Waals surface area contributed by atoms with Crippen LogP contribution in [0.5, 0.6) is 0 Å². The van der Waals surface area contributed by atoms with Crippen molar-refractivity contribution in [2.45, 2.75) is 31.8 Å². The van der Waals surface area contributed by atoms with Crippen molar-refractivity contribution in [2.75, 3.05) is 0 Å². The molecule has 160 valence electrons. The van der Waals surface area contributed by atoms with E-state index in [1.165, 1.54) is 5.56 Å². The second-order valence-electron chi connectivity index (χ2n) is 8.10. The van der Waals surface area contributed by atoms with E-state index < -0.39 is 5.97 Å². The fourth-order valence-corrected chi connectivity index (χ4v) is 4.20. The minimum Gasteiger partial charge on any atom is -0.478 e. The van der Waals surface area contributed by atoms with Gasteiger partial charge in [0.05, 0.1) is 5.56 Å². The van der Waals surface area contributed by atoms with Crippen LogP contribution in [0.15, 0.2) is 66.7 Å². The first-order valence-electron chi connectivity index (χ1n) is 10.6. The molecule has 0 spiro atoms. The zero-order chi connectivity index (χ0) is 22.1. The summed E-state index contributed by atoms with van der Waals surface area (Å²) in [7, 11) is 0. The van der Waals surface area contributed by atoms with E-state index in [-0.39, 0.29) is 17.5 Å². The summed E-state index contributed by atoms with van der Waals surface area (Å²) >= 11 is 0. The third kappa shape index (κ3) is 3.97. The van der Waals surface area contributed by atoms with Crippen LogP contribution in [0.3, 0.4) is 0 Å². The molecule has 0 aliphatic carbocycles. The highest BCUT2D eigenvalue weighted by molar-refractivity contribution is 6.00. The minimum atomic E-state index is -0.967. The van der Waals surface area contributed by atoms with Crippen molar-refractivity contribution >= 4 is 22.6 Å². The number of aromatic nitrogens is 3. The Labute approximate surface area is 184 Å². The van der Waals surface area contributed by atoms with Gasteiger partial charge in [-0.2, -0.15) is 0 Å². The molecule has 1 amide bonds. The summed E-state index contributed by atoms with van der Waals surface area (Å²) in [6, 6.07) is 20.4. The second-order valence-corrected chi connectivity index (χ2v) is 8.10. The molecule has 1 atom stereocenters. The molecule has 4 aromatic rings. The third-order valence-electron chi connectivity index (χ3n) is 5.91. The Morgan fingerprint density at radius 2 is 1.69 bits per heavy atom. The Morgan fingerprint density at radius 3 is 2.44 bits per heavy atom. The summed E-state index contributed by atoms with van der Waals surface area (Å²) < 4.78 is 2.12. The van der Waals surface area contributed by atoms with E-state index in [0.29, 0.717) is 18.5 Å². The average molecular weight is 426 g/mol. The topological polar surface area (TPSA) is 97.1 Å². The maximum Gasteiger partial charge on any atom is 0.335 e. The van der Waals surface area contributed by atoms with Gasteiger partial charge in [0, 0.05) is 31.0 Å². The van der Waals surface area contributed by atoms with Crippen LogP contribution in [0, 0.1) is 0 Å². The fraction of sp³-hybridized carbons (Fsp3) is 0.200.